The van der Waals surface area contributed by atoms with Gasteiger partial charge in [0.15, 0.2) is 0 Å². The summed E-state index contributed by atoms with van der Waals surface area (Å²) in [6.07, 6.45) is -1.75. The molecule has 0 fully saturated rings. The lowest BCUT2D eigenvalue weighted by atomic mass is 10.1. The van der Waals surface area contributed by atoms with Gasteiger partial charge in [-0.25, -0.2) is 13.8 Å². The number of benzene rings is 1. The molecule has 1 aromatic carbocycles. The molecule has 0 aliphatic carbocycles. The molecule has 3 nitrogen and oxygen atoms in total. The molecule has 1 N–H and O–H groups in total. The van der Waals surface area contributed by atoms with Crippen LogP contribution in [0.1, 0.15) is 32.4 Å². The van der Waals surface area contributed by atoms with E-state index < -0.39 is 6.43 Å². The molecule has 108 valence electrons. The highest BCUT2D eigenvalue weighted by molar-refractivity contribution is 5.95. The fourth-order valence-electron chi connectivity index (χ4n) is 2.02. The number of anilines is 1. The molecule has 1 heterocycles. The molecule has 2 aromatic rings. The van der Waals surface area contributed by atoms with Crippen molar-refractivity contribution in [3.63, 3.8) is 0 Å². The molecule has 0 amide bonds. The van der Waals surface area contributed by atoms with Crippen LogP contribution >= 0.6 is 0 Å². The van der Waals surface area contributed by atoms with Gasteiger partial charge >= 0.3 is 0 Å². The normalized spacial score (nSPS) is 11.1. The Morgan fingerprint density at radius 2 is 2.10 bits per heavy atom. The Kier molecular flexibility index (Phi) is 4.71. The molecule has 1 aromatic heterocycles. The molecular formula is C15H18F2N2O. The second kappa shape index (κ2) is 6.50. The first-order valence-electron chi connectivity index (χ1n) is 6.75. The molecule has 5 heteroatoms. The molecule has 0 aliphatic rings. The largest absolute Gasteiger partial charge is 0.491 e. The SMILES string of the molecule is CCCOc1cccc2c(NCC)cc(C(F)F)nc12. The highest BCUT2D eigenvalue weighted by Gasteiger charge is 2.15. The molecule has 0 saturated carbocycles. The highest BCUT2D eigenvalue weighted by atomic mass is 19.3. The fraction of sp³-hybridized carbons (Fsp3) is 0.400. The van der Waals surface area contributed by atoms with Gasteiger partial charge in [-0.3, -0.25) is 0 Å². The van der Waals surface area contributed by atoms with Crippen molar-refractivity contribution in [3.05, 3.63) is 30.0 Å². The van der Waals surface area contributed by atoms with E-state index in [0.717, 1.165) is 11.8 Å². The van der Waals surface area contributed by atoms with Crippen molar-refractivity contribution in [2.45, 2.75) is 26.7 Å². The van der Waals surface area contributed by atoms with Crippen molar-refractivity contribution >= 4 is 16.6 Å². The first-order chi connectivity index (χ1) is 9.67. The number of nitrogens with zero attached hydrogens (tertiary/aromatic N) is 1. The average molecular weight is 280 g/mol. The van der Waals surface area contributed by atoms with E-state index in [2.05, 4.69) is 10.3 Å². The maximum atomic E-state index is 13.0. The zero-order valence-electron chi connectivity index (χ0n) is 11.6. The van der Waals surface area contributed by atoms with Crippen LogP contribution < -0.4 is 10.1 Å². The molecule has 0 atom stereocenters. The number of ether oxygens (including phenoxy) is 1. The van der Waals surface area contributed by atoms with Crippen LogP contribution in [0.4, 0.5) is 14.5 Å². The van der Waals surface area contributed by atoms with Crippen LogP contribution in [-0.2, 0) is 0 Å². The Morgan fingerprint density at radius 1 is 1.30 bits per heavy atom. The van der Waals surface area contributed by atoms with Crippen LogP contribution in [0.15, 0.2) is 24.3 Å². The standard InChI is InChI=1S/C15H18F2N2O/c1-3-8-20-13-7-5-6-10-11(18-4-2)9-12(15(16)17)19-14(10)13/h5-7,9,15H,3-4,8H2,1-2H3,(H,18,19). The van der Waals surface area contributed by atoms with E-state index in [4.69, 9.17) is 4.74 Å². The Labute approximate surface area is 117 Å². The molecule has 0 aliphatic heterocycles. The van der Waals surface area contributed by atoms with E-state index in [1.807, 2.05) is 26.0 Å². The molecule has 2 rings (SSSR count). The predicted molar refractivity (Wildman–Crippen MR) is 76.6 cm³/mol. The van der Waals surface area contributed by atoms with E-state index in [-0.39, 0.29) is 5.69 Å². The molecule has 0 bridgehead atoms. The van der Waals surface area contributed by atoms with Crippen molar-refractivity contribution in [2.24, 2.45) is 0 Å². The summed E-state index contributed by atoms with van der Waals surface area (Å²) in [5, 5.41) is 3.90. The third kappa shape index (κ3) is 2.98. The first kappa shape index (κ1) is 14.5. The number of para-hydroxylation sites is 1. The summed E-state index contributed by atoms with van der Waals surface area (Å²) in [5.41, 5.74) is 0.908. The Bertz CT molecular complexity index is 587. The van der Waals surface area contributed by atoms with Crippen LogP contribution in [0.25, 0.3) is 10.9 Å². The van der Waals surface area contributed by atoms with E-state index in [1.54, 1.807) is 6.07 Å². The summed E-state index contributed by atoms with van der Waals surface area (Å²) >= 11 is 0. The third-order valence-corrected chi connectivity index (χ3v) is 2.87. The molecule has 0 unspecified atom stereocenters. The number of hydrogen-bond donors (Lipinski definition) is 1. The molecular weight excluding hydrogens is 262 g/mol. The molecule has 0 saturated heterocycles. The number of hydrogen-bond acceptors (Lipinski definition) is 3. The summed E-state index contributed by atoms with van der Waals surface area (Å²) in [6.45, 7) is 5.11. The van der Waals surface area contributed by atoms with Crippen LogP contribution in [0.2, 0.25) is 0 Å². The molecule has 0 spiro atoms. The van der Waals surface area contributed by atoms with Gasteiger partial charge in [-0.05, 0) is 25.5 Å². The first-order valence-corrected chi connectivity index (χ1v) is 6.75. The number of fused-ring (bicyclic) bond motifs is 1. The van der Waals surface area contributed by atoms with Crippen LogP contribution in [0, 0.1) is 0 Å². The van der Waals surface area contributed by atoms with Gasteiger partial charge in [0.05, 0.1) is 6.61 Å². The lowest BCUT2D eigenvalue weighted by Crippen LogP contribution is -2.03. The van der Waals surface area contributed by atoms with Crippen molar-refractivity contribution in [1.82, 2.24) is 4.98 Å². The van der Waals surface area contributed by atoms with Crippen LogP contribution in [0.3, 0.4) is 0 Å². The number of rotatable bonds is 6. The van der Waals surface area contributed by atoms with Crippen molar-refractivity contribution in [2.75, 3.05) is 18.5 Å². The Morgan fingerprint density at radius 3 is 2.75 bits per heavy atom. The Hall–Kier alpha value is -1.91. The minimum atomic E-state index is -2.60. The summed E-state index contributed by atoms with van der Waals surface area (Å²) in [4.78, 5) is 4.06. The number of halogens is 2. The topological polar surface area (TPSA) is 34.1 Å². The fourth-order valence-corrected chi connectivity index (χ4v) is 2.02. The molecule has 20 heavy (non-hydrogen) atoms. The summed E-state index contributed by atoms with van der Waals surface area (Å²) in [6, 6.07) is 6.86. The van der Waals surface area contributed by atoms with Crippen molar-refractivity contribution in [3.8, 4) is 5.75 Å². The highest BCUT2D eigenvalue weighted by Crippen LogP contribution is 2.32. The van der Waals surface area contributed by atoms with Crippen molar-refractivity contribution in [1.29, 1.82) is 0 Å². The van der Waals surface area contributed by atoms with Crippen molar-refractivity contribution < 1.29 is 13.5 Å². The predicted octanol–water partition coefficient (Wildman–Crippen LogP) is 4.39. The Balaban J connectivity index is 2.59. The van der Waals surface area contributed by atoms with Gasteiger partial charge in [-0.15, -0.1) is 0 Å². The van der Waals surface area contributed by atoms with E-state index in [0.29, 0.717) is 30.1 Å². The third-order valence-electron chi connectivity index (χ3n) is 2.87. The monoisotopic (exact) mass is 280 g/mol. The lowest BCUT2D eigenvalue weighted by molar-refractivity contribution is 0.146. The number of aromatic nitrogens is 1. The summed E-state index contributed by atoms with van der Waals surface area (Å²) < 4.78 is 31.5. The minimum Gasteiger partial charge on any atom is -0.491 e. The minimum absolute atomic E-state index is 0.235. The zero-order chi connectivity index (χ0) is 14.5. The van der Waals surface area contributed by atoms with Gasteiger partial charge < -0.3 is 10.1 Å². The number of nitrogens with one attached hydrogen (secondary N) is 1. The van der Waals surface area contributed by atoms with Crippen LogP contribution in [-0.4, -0.2) is 18.1 Å². The maximum Gasteiger partial charge on any atom is 0.280 e. The van der Waals surface area contributed by atoms with Gasteiger partial charge in [0, 0.05) is 17.6 Å². The number of pyridine rings is 1. The lowest BCUT2D eigenvalue weighted by Gasteiger charge is -2.13. The smallest absolute Gasteiger partial charge is 0.280 e. The number of alkyl halides is 2. The second-order valence-electron chi connectivity index (χ2n) is 4.43. The van der Waals surface area contributed by atoms with Gasteiger partial charge in [0.25, 0.3) is 6.43 Å². The van der Waals surface area contributed by atoms with Gasteiger partial charge in [-0.2, -0.15) is 0 Å². The van der Waals surface area contributed by atoms with Gasteiger partial charge in [-0.1, -0.05) is 19.1 Å². The van der Waals surface area contributed by atoms with Gasteiger partial charge in [0.2, 0.25) is 0 Å². The zero-order valence-corrected chi connectivity index (χ0v) is 11.6. The van der Waals surface area contributed by atoms with Gasteiger partial charge in [0.1, 0.15) is 17.0 Å². The second-order valence-corrected chi connectivity index (χ2v) is 4.43. The average Bonchev–Trinajstić information content (AvgIpc) is 2.45. The van der Waals surface area contributed by atoms with E-state index >= 15 is 0 Å². The van der Waals surface area contributed by atoms with Crippen LogP contribution in [0.5, 0.6) is 5.75 Å². The van der Waals surface area contributed by atoms with E-state index in [9.17, 15) is 8.78 Å². The maximum absolute atomic E-state index is 13.0. The van der Waals surface area contributed by atoms with E-state index in [1.165, 1.54) is 6.07 Å². The molecule has 0 radical (unpaired) electrons. The summed E-state index contributed by atoms with van der Waals surface area (Å²) in [7, 11) is 0. The summed E-state index contributed by atoms with van der Waals surface area (Å²) in [5.74, 6) is 0.547. The quantitative estimate of drug-likeness (QED) is 0.852.